The number of nitrogens with zero attached hydrogens (tertiary/aromatic N) is 1. The number of rotatable bonds is 14. The van der Waals surface area contributed by atoms with Gasteiger partial charge in [0.15, 0.2) is 0 Å². The predicted octanol–water partition coefficient (Wildman–Crippen LogP) is 7.35. The fourth-order valence-corrected chi connectivity index (χ4v) is 4.25. The van der Waals surface area contributed by atoms with Crippen molar-refractivity contribution in [3.05, 3.63) is 87.5 Å². The number of ether oxygens (including phenoxy) is 3. The lowest BCUT2D eigenvalue weighted by Crippen LogP contribution is -2.21. The number of benzene rings is 2. The summed E-state index contributed by atoms with van der Waals surface area (Å²) in [6.45, 7) is 7.94. The topological polar surface area (TPSA) is 40.6 Å². The average Bonchev–Trinajstić information content (AvgIpc) is 2.87. The Morgan fingerprint density at radius 3 is 2.18 bits per heavy atom. The van der Waals surface area contributed by atoms with Crippen LogP contribution in [0.2, 0.25) is 0 Å². The molecule has 0 spiro atoms. The molecule has 0 saturated carbocycles. The van der Waals surface area contributed by atoms with Crippen LogP contribution in [0.4, 0.5) is 0 Å². The van der Waals surface area contributed by atoms with Crippen LogP contribution < -0.4 is 9.47 Å². The summed E-state index contributed by atoms with van der Waals surface area (Å²) in [6, 6.07) is 20.9. The highest BCUT2D eigenvalue weighted by atomic mass is 79.9. The SMILES string of the molecule is CCCc1ccc(CCc2nc(OCC(CC)OCC)cc(OCc3ccccc3)c2Br)cc1. The van der Waals surface area contributed by atoms with Gasteiger partial charge in [-0.3, -0.25) is 0 Å². The maximum Gasteiger partial charge on any atom is 0.217 e. The van der Waals surface area contributed by atoms with Crippen molar-refractivity contribution in [3.8, 4) is 11.6 Å². The molecule has 5 heteroatoms. The fourth-order valence-electron chi connectivity index (χ4n) is 3.73. The summed E-state index contributed by atoms with van der Waals surface area (Å²) in [6.07, 6.45) is 4.91. The van der Waals surface area contributed by atoms with E-state index in [1.165, 1.54) is 11.1 Å². The molecule has 0 aliphatic carbocycles. The van der Waals surface area contributed by atoms with Gasteiger partial charge in [0.2, 0.25) is 5.88 Å². The monoisotopic (exact) mass is 525 g/mol. The molecule has 0 aliphatic rings. The van der Waals surface area contributed by atoms with Gasteiger partial charge in [0.25, 0.3) is 0 Å². The molecular weight excluding hydrogens is 490 g/mol. The Hall–Kier alpha value is -2.37. The zero-order valence-electron chi connectivity index (χ0n) is 20.6. The molecule has 1 aromatic heterocycles. The summed E-state index contributed by atoms with van der Waals surface area (Å²) < 4.78 is 18.9. The molecular formula is C29H36BrNO3. The van der Waals surface area contributed by atoms with E-state index in [2.05, 4.69) is 66.2 Å². The first-order valence-electron chi connectivity index (χ1n) is 12.3. The number of aryl methyl sites for hydroxylation is 3. The number of hydrogen-bond donors (Lipinski definition) is 0. The van der Waals surface area contributed by atoms with Gasteiger partial charge >= 0.3 is 0 Å². The van der Waals surface area contributed by atoms with E-state index in [9.17, 15) is 0 Å². The fraction of sp³-hybridized carbons (Fsp3) is 0.414. The van der Waals surface area contributed by atoms with E-state index in [4.69, 9.17) is 19.2 Å². The largest absolute Gasteiger partial charge is 0.487 e. The third-order valence-electron chi connectivity index (χ3n) is 5.69. The lowest BCUT2D eigenvalue weighted by molar-refractivity contribution is 0.0242. The predicted molar refractivity (Wildman–Crippen MR) is 142 cm³/mol. The molecule has 0 saturated heterocycles. The average molecular weight is 527 g/mol. The molecule has 4 nitrogen and oxygen atoms in total. The maximum atomic E-state index is 6.18. The zero-order chi connectivity index (χ0) is 24.2. The highest BCUT2D eigenvalue weighted by Gasteiger charge is 2.15. The number of hydrogen-bond acceptors (Lipinski definition) is 4. The zero-order valence-corrected chi connectivity index (χ0v) is 22.1. The third kappa shape index (κ3) is 8.14. The molecule has 3 rings (SSSR count). The summed E-state index contributed by atoms with van der Waals surface area (Å²) in [5.41, 5.74) is 4.73. The van der Waals surface area contributed by atoms with Gasteiger partial charge in [-0.05, 0) is 65.2 Å². The number of pyridine rings is 1. The molecule has 0 fully saturated rings. The molecule has 34 heavy (non-hydrogen) atoms. The van der Waals surface area contributed by atoms with Crippen LogP contribution in [-0.2, 0) is 30.6 Å². The van der Waals surface area contributed by atoms with Gasteiger partial charge in [0, 0.05) is 12.7 Å². The quantitative estimate of drug-likeness (QED) is 0.220. The molecule has 0 bridgehead atoms. The second-order valence-electron chi connectivity index (χ2n) is 8.36. The highest BCUT2D eigenvalue weighted by molar-refractivity contribution is 9.10. The van der Waals surface area contributed by atoms with E-state index in [0.29, 0.717) is 25.7 Å². The second kappa shape index (κ2) is 14.1. The smallest absolute Gasteiger partial charge is 0.217 e. The van der Waals surface area contributed by atoms with Crippen molar-refractivity contribution in [2.75, 3.05) is 13.2 Å². The van der Waals surface area contributed by atoms with Crippen molar-refractivity contribution in [2.24, 2.45) is 0 Å². The van der Waals surface area contributed by atoms with Crippen LogP contribution in [0.5, 0.6) is 11.6 Å². The Balaban J connectivity index is 1.76. The van der Waals surface area contributed by atoms with E-state index in [-0.39, 0.29) is 6.10 Å². The molecule has 1 atom stereocenters. The van der Waals surface area contributed by atoms with Crippen molar-refractivity contribution in [2.45, 2.75) is 65.6 Å². The van der Waals surface area contributed by atoms with Gasteiger partial charge < -0.3 is 14.2 Å². The minimum absolute atomic E-state index is 0.0502. The van der Waals surface area contributed by atoms with E-state index in [0.717, 1.165) is 53.6 Å². The Morgan fingerprint density at radius 2 is 1.53 bits per heavy atom. The number of halogens is 1. The van der Waals surface area contributed by atoms with Gasteiger partial charge in [-0.15, -0.1) is 0 Å². The number of aromatic nitrogens is 1. The summed E-state index contributed by atoms with van der Waals surface area (Å²) in [7, 11) is 0. The molecule has 2 aromatic carbocycles. The van der Waals surface area contributed by atoms with Crippen molar-refractivity contribution in [1.29, 1.82) is 0 Å². The highest BCUT2D eigenvalue weighted by Crippen LogP contribution is 2.33. The Labute approximate surface area is 212 Å². The van der Waals surface area contributed by atoms with E-state index in [1.807, 2.05) is 31.2 Å². The molecule has 3 aromatic rings. The Bertz CT molecular complexity index is 992. The first-order valence-corrected chi connectivity index (χ1v) is 13.1. The first kappa shape index (κ1) is 26.2. The van der Waals surface area contributed by atoms with Crippen molar-refractivity contribution in [1.82, 2.24) is 4.98 Å². The second-order valence-corrected chi connectivity index (χ2v) is 9.15. The van der Waals surface area contributed by atoms with Gasteiger partial charge in [0.05, 0.1) is 16.3 Å². The van der Waals surface area contributed by atoms with Crippen LogP contribution in [0.3, 0.4) is 0 Å². The first-order chi connectivity index (χ1) is 16.6. The molecule has 0 radical (unpaired) electrons. The van der Waals surface area contributed by atoms with Crippen molar-refractivity contribution in [3.63, 3.8) is 0 Å². The minimum Gasteiger partial charge on any atom is -0.487 e. The van der Waals surface area contributed by atoms with E-state index >= 15 is 0 Å². The van der Waals surface area contributed by atoms with Crippen molar-refractivity contribution >= 4 is 15.9 Å². The summed E-state index contributed by atoms with van der Waals surface area (Å²) in [5.74, 6) is 1.31. The molecule has 1 unspecified atom stereocenters. The summed E-state index contributed by atoms with van der Waals surface area (Å²) >= 11 is 3.75. The van der Waals surface area contributed by atoms with Gasteiger partial charge in [-0.2, -0.15) is 0 Å². The van der Waals surface area contributed by atoms with Crippen LogP contribution in [0.25, 0.3) is 0 Å². The lowest BCUT2D eigenvalue weighted by Gasteiger charge is -2.18. The molecule has 0 N–H and O–H groups in total. The Morgan fingerprint density at radius 1 is 0.824 bits per heavy atom. The molecule has 0 aliphatic heterocycles. The van der Waals surface area contributed by atoms with Crippen LogP contribution >= 0.6 is 15.9 Å². The van der Waals surface area contributed by atoms with Gasteiger partial charge in [-0.25, -0.2) is 4.98 Å². The van der Waals surface area contributed by atoms with E-state index < -0.39 is 0 Å². The van der Waals surface area contributed by atoms with Crippen LogP contribution in [0.1, 0.15) is 56.0 Å². The summed E-state index contributed by atoms with van der Waals surface area (Å²) in [5, 5.41) is 0. The van der Waals surface area contributed by atoms with Gasteiger partial charge in [-0.1, -0.05) is 74.9 Å². The van der Waals surface area contributed by atoms with E-state index in [1.54, 1.807) is 0 Å². The standard InChI is InChI=1S/C29H36BrNO3/c1-4-10-22-13-15-23(16-14-22)17-18-26-29(30)27(33-20-24-11-8-7-9-12-24)19-28(31-26)34-21-25(5-2)32-6-3/h7-9,11-16,19,25H,4-6,10,17-18,20-21H2,1-3H3. The Kier molecular flexibility index (Phi) is 10.9. The van der Waals surface area contributed by atoms with Crippen LogP contribution in [-0.4, -0.2) is 24.3 Å². The minimum atomic E-state index is 0.0502. The van der Waals surface area contributed by atoms with Crippen LogP contribution in [0, 0.1) is 0 Å². The third-order valence-corrected chi connectivity index (χ3v) is 6.54. The molecule has 182 valence electrons. The van der Waals surface area contributed by atoms with Crippen LogP contribution in [0.15, 0.2) is 65.1 Å². The molecule has 1 heterocycles. The molecule has 0 amide bonds. The van der Waals surface area contributed by atoms with Crippen molar-refractivity contribution < 1.29 is 14.2 Å². The summed E-state index contributed by atoms with van der Waals surface area (Å²) in [4.78, 5) is 4.81. The maximum absolute atomic E-state index is 6.18. The normalized spacial score (nSPS) is 11.9. The van der Waals surface area contributed by atoms with Gasteiger partial charge in [0.1, 0.15) is 19.0 Å². The lowest BCUT2D eigenvalue weighted by atomic mass is 10.0.